The molecule has 2 bridgehead atoms. The van der Waals surface area contributed by atoms with Gasteiger partial charge in [-0.3, -0.25) is 14.5 Å². The van der Waals surface area contributed by atoms with E-state index in [0.29, 0.717) is 18.6 Å². The van der Waals surface area contributed by atoms with Crippen molar-refractivity contribution >= 4 is 11.9 Å². The van der Waals surface area contributed by atoms with Gasteiger partial charge < -0.3 is 10.0 Å². The summed E-state index contributed by atoms with van der Waals surface area (Å²) in [5, 5.41) is 9.17. The van der Waals surface area contributed by atoms with Gasteiger partial charge in [0.2, 0.25) is 5.91 Å². The maximum atomic E-state index is 12.1. The van der Waals surface area contributed by atoms with Gasteiger partial charge in [0, 0.05) is 25.2 Å². The summed E-state index contributed by atoms with van der Waals surface area (Å²) < 4.78 is 0. The molecule has 100 valence electrons. The minimum atomic E-state index is -0.699. The lowest BCUT2D eigenvalue weighted by Crippen LogP contribution is -2.42. The van der Waals surface area contributed by atoms with E-state index in [2.05, 4.69) is 4.90 Å². The Balaban J connectivity index is 1.63. The normalized spacial score (nSPS) is 34.8. The van der Waals surface area contributed by atoms with Crippen LogP contribution in [0.3, 0.4) is 0 Å². The second-order valence-corrected chi connectivity index (χ2v) is 5.89. The lowest BCUT2D eigenvalue weighted by Gasteiger charge is -2.25. The molecule has 1 aliphatic carbocycles. The van der Waals surface area contributed by atoms with E-state index in [1.165, 1.54) is 0 Å². The van der Waals surface area contributed by atoms with E-state index in [0.717, 1.165) is 32.1 Å². The van der Waals surface area contributed by atoms with Gasteiger partial charge in [0.25, 0.3) is 0 Å². The molecule has 18 heavy (non-hydrogen) atoms. The molecule has 0 aromatic heterocycles. The molecule has 2 heterocycles. The molecule has 5 nitrogen and oxygen atoms in total. The highest BCUT2D eigenvalue weighted by molar-refractivity contribution is 5.79. The number of carbonyl (C=O) groups is 2. The second kappa shape index (κ2) is 4.23. The number of nitrogens with zero attached hydrogens (tertiary/aromatic N) is 2. The van der Waals surface area contributed by atoms with Gasteiger partial charge in [-0.15, -0.1) is 0 Å². The largest absolute Gasteiger partial charge is 0.481 e. The third kappa shape index (κ3) is 1.90. The first-order chi connectivity index (χ1) is 8.58. The molecular weight excluding hydrogens is 232 g/mol. The van der Waals surface area contributed by atoms with Gasteiger partial charge >= 0.3 is 5.97 Å². The fourth-order valence-electron chi connectivity index (χ4n) is 3.55. The van der Waals surface area contributed by atoms with E-state index in [-0.39, 0.29) is 17.9 Å². The lowest BCUT2D eigenvalue weighted by atomic mass is 9.89. The summed E-state index contributed by atoms with van der Waals surface area (Å²) in [6.45, 7) is 0.409. The third-order valence-electron chi connectivity index (χ3n) is 4.80. The monoisotopic (exact) mass is 252 g/mol. The van der Waals surface area contributed by atoms with Crippen molar-refractivity contribution in [1.29, 1.82) is 0 Å². The first kappa shape index (κ1) is 12.0. The van der Waals surface area contributed by atoms with Crippen molar-refractivity contribution in [2.24, 2.45) is 5.92 Å². The summed E-state index contributed by atoms with van der Waals surface area (Å²) >= 11 is 0. The van der Waals surface area contributed by atoms with Crippen molar-refractivity contribution < 1.29 is 14.7 Å². The van der Waals surface area contributed by atoms with Gasteiger partial charge in [0.15, 0.2) is 0 Å². The van der Waals surface area contributed by atoms with Crippen LogP contribution in [0.25, 0.3) is 0 Å². The van der Waals surface area contributed by atoms with Gasteiger partial charge in [-0.05, 0) is 32.1 Å². The first-order valence-electron chi connectivity index (χ1n) is 6.82. The fourth-order valence-corrected chi connectivity index (χ4v) is 3.55. The van der Waals surface area contributed by atoms with E-state index in [4.69, 9.17) is 0 Å². The van der Waals surface area contributed by atoms with Crippen molar-refractivity contribution in [3.63, 3.8) is 0 Å². The van der Waals surface area contributed by atoms with Crippen molar-refractivity contribution in [2.75, 3.05) is 13.6 Å². The molecule has 2 aliphatic heterocycles. The summed E-state index contributed by atoms with van der Waals surface area (Å²) in [4.78, 5) is 27.2. The van der Waals surface area contributed by atoms with Gasteiger partial charge in [-0.25, -0.2) is 0 Å². The van der Waals surface area contributed by atoms with Crippen molar-refractivity contribution in [3.05, 3.63) is 0 Å². The summed E-state index contributed by atoms with van der Waals surface area (Å²) in [5.41, 5.74) is 0. The number of carboxylic acids is 1. The molecule has 2 saturated heterocycles. The Labute approximate surface area is 107 Å². The number of carbonyl (C=O) groups excluding carboxylic acids is 1. The highest BCUT2D eigenvalue weighted by atomic mass is 16.4. The van der Waals surface area contributed by atoms with Crippen molar-refractivity contribution in [3.8, 4) is 0 Å². The Hall–Kier alpha value is -1.10. The molecule has 3 rings (SSSR count). The summed E-state index contributed by atoms with van der Waals surface area (Å²) in [5.74, 6) is -0.807. The Morgan fingerprint density at radius 1 is 1.28 bits per heavy atom. The Morgan fingerprint density at radius 2 is 2.00 bits per heavy atom. The molecule has 3 fully saturated rings. The Bertz CT molecular complexity index is 380. The number of hydrogen-bond acceptors (Lipinski definition) is 3. The fraction of sp³-hybridized carbons (Fsp3) is 0.846. The van der Waals surface area contributed by atoms with Crippen LogP contribution in [0.5, 0.6) is 0 Å². The molecule has 3 aliphatic rings. The molecule has 5 heteroatoms. The van der Waals surface area contributed by atoms with Crippen LogP contribution in [-0.4, -0.2) is 58.5 Å². The standard InChI is InChI=1S/C13H20N2O3/c1-14(8-2-3-8)12(16)7-15-9-4-5-11(15)10(6-9)13(17)18/h8-11H,2-7H2,1H3,(H,17,18). The van der Waals surface area contributed by atoms with Crippen LogP contribution in [-0.2, 0) is 9.59 Å². The zero-order valence-corrected chi connectivity index (χ0v) is 10.7. The lowest BCUT2D eigenvalue weighted by molar-refractivity contribution is -0.143. The predicted molar refractivity (Wildman–Crippen MR) is 65.1 cm³/mol. The second-order valence-electron chi connectivity index (χ2n) is 5.89. The zero-order valence-electron chi connectivity index (χ0n) is 10.7. The number of likely N-dealkylation sites (N-methyl/N-ethyl adjacent to an activating group) is 1. The maximum absolute atomic E-state index is 12.1. The van der Waals surface area contributed by atoms with E-state index in [1.807, 2.05) is 11.9 Å². The summed E-state index contributed by atoms with van der Waals surface area (Å²) in [7, 11) is 1.87. The zero-order chi connectivity index (χ0) is 12.9. The molecule has 1 amide bonds. The molecular formula is C13H20N2O3. The Morgan fingerprint density at radius 3 is 2.56 bits per heavy atom. The third-order valence-corrected chi connectivity index (χ3v) is 4.80. The van der Waals surface area contributed by atoms with Gasteiger partial charge in [-0.2, -0.15) is 0 Å². The molecule has 0 radical (unpaired) electrons. The number of aliphatic carboxylic acids is 1. The highest BCUT2D eigenvalue weighted by Gasteiger charge is 2.50. The van der Waals surface area contributed by atoms with Crippen molar-refractivity contribution in [2.45, 2.75) is 50.2 Å². The minimum Gasteiger partial charge on any atom is -0.481 e. The number of carboxylic acid groups (broad SMARTS) is 1. The smallest absolute Gasteiger partial charge is 0.308 e. The van der Waals surface area contributed by atoms with Crippen LogP contribution in [0.4, 0.5) is 0 Å². The topological polar surface area (TPSA) is 60.9 Å². The van der Waals surface area contributed by atoms with E-state index in [9.17, 15) is 14.7 Å². The molecule has 0 spiro atoms. The maximum Gasteiger partial charge on any atom is 0.308 e. The molecule has 3 atom stereocenters. The Kier molecular flexibility index (Phi) is 2.81. The van der Waals surface area contributed by atoms with Crippen molar-refractivity contribution in [1.82, 2.24) is 9.80 Å². The molecule has 0 aromatic carbocycles. The SMILES string of the molecule is CN(C(=O)CN1C2CCC1C(C(=O)O)C2)C1CC1. The molecule has 1 N–H and O–H groups in total. The summed E-state index contributed by atoms with van der Waals surface area (Å²) in [6, 6.07) is 0.838. The molecule has 3 unspecified atom stereocenters. The summed E-state index contributed by atoms with van der Waals surface area (Å²) in [6.07, 6.45) is 4.94. The van der Waals surface area contributed by atoms with Crippen LogP contribution in [0.15, 0.2) is 0 Å². The van der Waals surface area contributed by atoms with E-state index < -0.39 is 5.97 Å². The average Bonchev–Trinajstić information content (AvgIpc) is 3.07. The molecule has 0 aromatic rings. The van der Waals surface area contributed by atoms with Crippen LogP contribution in [0.2, 0.25) is 0 Å². The van der Waals surface area contributed by atoms with Gasteiger partial charge in [0.1, 0.15) is 0 Å². The van der Waals surface area contributed by atoms with Gasteiger partial charge in [-0.1, -0.05) is 0 Å². The number of rotatable bonds is 4. The van der Waals surface area contributed by atoms with Crippen LogP contribution in [0, 0.1) is 5.92 Å². The quantitative estimate of drug-likeness (QED) is 0.793. The van der Waals surface area contributed by atoms with Gasteiger partial charge in [0.05, 0.1) is 12.5 Å². The number of hydrogen-bond donors (Lipinski definition) is 1. The first-order valence-corrected chi connectivity index (χ1v) is 6.82. The van der Waals surface area contributed by atoms with Crippen LogP contribution in [0.1, 0.15) is 32.1 Å². The van der Waals surface area contributed by atoms with Crippen LogP contribution < -0.4 is 0 Å². The minimum absolute atomic E-state index is 0.0871. The van der Waals surface area contributed by atoms with E-state index in [1.54, 1.807) is 0 Å². The van der Waals surface area contributed by atoms with E-state index >= 15 is 0 Å². The average molecular weight is 252 g/mol. The number of amides is 1. The number of fused-ring (bicyclic) bond motifs is 2. The highest BCUT2D eigenvalue weighted by Crippen LogP contribution is 2.41. The predicted octanol–water partition coefficient (Wildman–Crippen LogP) is 0.545. The molecule has 1 saturated carbocycles. The van der Waals surface area contributed by atoms with Crippen LogP contribution >= 0.6 is 0 Å².